The second-order valence-electron chi connectivity index (χ2n) is 4.04. The Morgan fingerprint density at radius 1 is 1.20 bits per heavy atom. The molecule has 1 N–H and O–H groups in total. The van der Waals surface area contributed by atoms with Gasteiger partial charge in [0.15, 0.2) is 0 Å². The minimum absolute atomic E-state index is 1.02. The number of likely N-dealkylation sites (N-methyl/N-ethyl adjacent to an activating group) is 1. The monoisotopic (exact) mass is 206 g/mol. The predicted molar refractivity (Wildman–Crippen MR) is 67.5 cm³/mol. The highest BCUT2D eigenvalue weighted by atomic mass is 15.1. The molecular formula is C13H22N2. The number of nitrogens with zero attached hydrogens (tertiary/aromatic N) is 1. The van der Waals surface area contributed by atoms with Gasteiger partial charge in [-0.15, -0.1) is 0 Å². The molecule has 1 rings (SSSR count). The lowest BCUT2D eigenvalue weighted by Crippen LogP contribution is -2.25. The normalized spacial score (nSPS) is 10.7. The number of aryl methyl sites for hydroxylation is 1. The average molecular weight is 206 g/mol. The first-order valence-electron chi connectivity index (χ1n) is 5.72. The number of rotatable bonds is 6. The van der Waals surface area contributed by atoms with Gasteiger partial charge in [-0.25, -0.2) is 0 Å². The summed E-state index contributed by atoms with van der Waals surface area (Å²) in [6, 6.07) is 8.42. The Morgan fingerprint density at radius 3 is 2.60 bits per heavy atom. The molecule has 2 nitrogen and oxygen atoms in total. The van der Waals surface area contributed by atoms with Crippen LogP contribution in [0.5, 0.6) is 0 Å². The van der Waals surface area contributed by atoms with Crippen LogP contribution in [-0.4, -0.2) is 31.6 Å². The molecule has 0 unspecified atom stereocenters. The Kier molecular flexibility index (Phi) is 5.19. The predicted octanol–water partition coefficient (Wildman–Crippen LogP) is 2.75. The molecule has 0 aliphatic carbocycles. The van der Waals surface area contributed by atoms with Crippen molar-refractivity contribution in [1.29, 1.82) is 0 Å². The number of benzene rings is 1. The molecule has 1 aromatic rings. The quantitative estimate of drug-likeness (QED) is 0.770. The van der Waals surface area contributed by atoms with Gasteiger partial charge >= 0.3 is 0 Å². The molecule has 84 valence electrons. The van der Waals surface area contributed by atoms with E-state index >= 15 is 0 Å². The van der Waals surface area contributed by atoms with Crippen LogP contribution in [-0.2, 0) is 0 Å². The summed E-state index contributed by atoms with van der Waals surface area (Å²) in [5, 5.41) is 3.46. The maximum atomic E-state index is 3.46. The van der Waals surface area contributed by atoms with E-state index < -0.39 is 0 Å². The van der Waals surface area contributed by atoms with Gasteiger partial charge in [0.2, 0.25) is 0 Å². The number of anilines is 1. The molecule has 0 aromatic heterocycles. The van der Waals surface area contributed by atoms with E-state index in [2.05, 4.69) is 55.4 Å². The van der Waals surface area contributed by atoms with Crippen LogP contribution in [0.2, 0.25) is 0 Å². The highest BCUT2D eigenvalue weighted by Crippen LogP contribution is 2.12. The summed E-state index contributed by atoms with van der Waals surface area (Å²) in [6.45, 7) is 7.64. The standard InChI is InChI=1S/C13H22N2/c1-4-10-15(3)11-9-14-13-8-6-5-7-12(13)2/h5-8,14H,4,9-11H2,1-3H3. The van der Waals surface area contributed by atoms with Crippen LogP contribution in [0, 0.1) is 6.92 Å². The molecule has 0 atom stereocenters. The first-order valence-corrected chi connectivity index (χ1v) is 5.72. The summed E-state index contributed by atoms with van der Waals surface area (Å²) < 4.78 is 0. The smallest absolute Gasteiger partial charge is 0.0370 e. The zero-order valence-electron chi connectivity index (χ0n) is 10.1. The fourth-order valence-electron chi connectivity index (χ4n) is 1.65. The number of nitrogens with one attached hydrogen (secondary N) is 1. The zero-order valence-corrected chi connectivity index (χ0v) is 10.1. The van der Waals surface area contributed by atoms with Crippen molar-refractivity contribution in [2.75, 3.05) is 32.0 Å². The van der Waals surface area contributed by atoms with Gasteiger partial charge in [0.05, 0.1) is 0 Å². The first kappa shape index (κ1) is 12.1. The Hall–Kier alpha value is -1.02. The van der Waals surface area contributed by atoms with Crippen LogP contribution in [0.15, 0.2) is 24.3 Å². The molecular weight excluding hydrogens is 184 g/mol. The van der Waals surface area contributed by atoms with Crippen LogP contribution in [0.1, 0.15) is 18.9 Å². The second kappa shape index (κ2) is 6.46. The van der Waals surface area contributed by atoms with E-state index in [1.165, 1.54) is 24.2 Å². The molecule has 0 aliphatic heterocycles. The Labute approximate surface area is 93.3 Å². The maximum Gasteiger partial charge on any atom is 0.0370 e. The van der Waals surface area contributed by atoms with Gasteiger partial charge in [0.1, 0.15) is 0 Å². The van der Waals surface area contributed by atoms with Crippen molar-refractivity contribution in [3.63, 3.8) is 0 Å². The third-order valence-corrected chi connectivity index (χ3v) is 2.56. The van der Waals surface area contributed by atoms with Crippen molar-refractivity contribution in [1.82, 2.24) is 4.90 Å². The highest BCUT2D eigenvalue weighted by molar-refractivity contribution is 5.50. The van der Waals surface area contributed by atoms with E-state index in [0.29, 0.717) is 0 Å². The van der Waals surface area contributed by atoms with Gasteiger partial charge in [-0.3, -0.25) is 0 Å². The van der Waals surface area contributed by atoms with E-state index in [1.54, 1.807) is 0 Å². The third kappa shape index (κ3) is 4.34. The molecule has 0 heterocycles. The summed E-state index contributed by atoms with van der Waals surface area (Å²) in [6.07, 6.45) is 1.22. The summed E-state index contributed by atoms with van der Waals surface area (Å²) in [5.74, 6) is 0. The Bertz CT molecular complexity index is 284. The van der Waals surface area contributed by atoms with Crippen LogP contribution in [0.4, 0.5) is 5.69 Å². The zero-order chi connectivity index (χ0) is 11.1. The topological polar surface area (TPSA) is 15.3 Å². The van der Waals surface area contributed by atoms with Gasteiger partial charge in [0.25, 0.3) is 0 Å². The molecule has 0 aliphatic rings. The lowest BCUT2D eigenvalue weighted by atomic mass is 10.2. The van der Waals surface area contributed by atoms with E-state index in [9.17, 15) is 0 Å². The molecule has 0 bridgehead atoms. The SMILES string of the molecule is CCCN(C)CCNc1ccccc1C. The van der Waals surface area contributed by atoms with Gasteiger partial charge in [-0.1, -0.05) is 25.1 Å². The summed E-state index contributed by atoms with van der Waals surface area (Å²) in [5.41, 5.74) is 2.57. The van der Waals surface area contributed by atoms with E-state index in [1.807, 2.05) is 0 Å². The van der Waals surface area contributed by atoms with Crippen LogP contribution >= 0.6 is 0 Å². The molecule has 15 heavy (non-hydrogen) atoms. The van der Waals surface area contributed by atoms with Gasteiger partial charge in [0, 0.05) is 18.8 Å². The fraction of sp³-hybridized carbons (Fsp3) is 0.538. The molecule has 0 fully saturated rings. The van der Waals surface area contributed by atoms with Gasteiger partial charge in [-0.2, -0.15) is 0 Å². The van der Waals surface area contributed by atoms with Crippen LogP contribution < -0.4 is 5.32 Å². The number of hydrogen-bond acceptors (Lipinski definition) is 2. The van der Waals surface area contributed by atoms with Crippen molar-refractivity contribution < 1.29 is 0 Å². The summed E-state index contributed by atoms with van der Waals surface area (Å²) >= 11 is 0. The minimum atomic E-state index is 1.02. The molecule has 2 heteroatoms. The second-order valence-corrected chi connectivity index (χ2v) is 4.04. The number of hydrogen-bond donors (Lipinski definition) is 1. The van der Waals surface area contributed by atoms with Gasteiger partial charge in [-0.05, 0) is 38.6 Å². The first-order chi connectivity index (χ1) is 7.24. The van der Waals surface area contributed by atoms with Crippen molar-refractivity contribution in [2.45, 2.75) is 20.3 Å². The Morgan fingerprint density at radius 2 is 1.93 bits per heavy atom. The molecule has 1 aromatic carbocycles. The van der Waals surface area contributed by atoms with Crippen molar-refractivity contribution >= 4 is 5.69 Å². The van der Waals surface area contributed by atoms with E-state index in [4.69, 9.17) is 0 Å². The van der Waals surface area contributed by atoms with Crippen molar-refractivity contribution in [3.8, 4) is 0 Å². The summed E-state index contributed by atoms with van der Waals surface area (Å²) in [7, 11) is 2.17. The largest absolute Gasteiger partial charge is 0.384 e. The average Bonchev–Trinajstić information content (AvgIpc) is 2.21. The molecule has 0 radical (unpaired) electrons. The minimum Gasteiger partial charge on any atom is -0.384 e. The number of para-hydroxylation sites is 1. The molecule has 0 amide bonds. The van der Waals surface area contributed by atoms with Crippen LogP contribution in [0.25, 0.3) is 0 Å². The van der Waals surface area contributed by atoms with E-state index in [-0.39, 0.29) is 0 Å². The van der Waals surface area contributed by atoms with Gasteiger partial charge < -0.3 is 10.2 Å². The van der Waals surface area contributed by atoms with E-state index in [0.717, 1.165) is 13.1 Å². The molecule has 0 saturated heterocycles. The Balaban J connectivity index is 2.29. The highest BCUT2D eigenvalue weighted by Gasteiger charge is 1.97. The summed E-state index contributed by atoms with van der Waals surface area (Å²) in [4.78, 5) is 2.35. The lowest BCUT2D eigenvalue weighted by Gasteiger charge is -2.16. The van der Waals surface area contributed by atoms with Crippen molar-refractivity contribution in [3.05, 3.63) is 29.8 Å². The lowest BCUT2D eigenvalue weighted by molar-refractivity contribution is 0.348. The third-order valence-electron chi connectivity index (χ3n) is 2.56. The fourth-order valence-corrected chi connectivity index (χ4v) is 1.65. The van der Waals surface area contributed by atoms with Crippen LogP contribution in [0.3, 0.4) is 0 Å². The molecule has 0 saturated carbocycles. The molecule has 0 spiro atoms. The maximum absolute atomic E-state index is 3.46. The van der Waals surface area contributed by atoms with Crippen molar-refractivity contribution in [2.24, 2.45) is 0 Å².